The first-order chi connectivity index (χ1) is 7.74. The van der Waals surface area contributed by atoms with Crippen molar-refractivity contribution in [2.24, 2.45) is 5.73 Å². The van der Waals surface area contributed by atoms with Crippen LogP contribution in [0, 0.1) is 0 Å². The van der Waals surface area contributed by atoms with Crippen molar-refractivity contribution in [3.63, 3.8) is 0 Å². The Balaban J connectivity index is 0.000000673. The van der Waals surface area contributed by atoms with E-state index in [1.54, 1.807) is 0 Å². The molecule has 2 N–H and O–H groups in total. The molecule has 1 fully saturated rings. The minimum Gasteiger partial charge on any atom is -0.495 e. The maximum atomic E-state index is 8.58. The maximum Gasteiger partial charge on any atom is 0.204 e. The fourth-order valence-electron chi connectivity index (χ4n) is 1.72. The number of rotatable bonds is 6. The lowest BCUT2D eigenvalue weighted by atomic mass is 10.2. The Hall–Kier alpha value is -0.510. The number of alkyl halides is 1. The topological polar surface area (TPSA) is 52.3 Å². The summed E-state index contributed by atoms with van der Waals surface area (Å²) in [5, 5.41) is 1.09. The van der Waals surface area contributed by atoms with E-state index in [1.165, 1.54) is 38.5 Å². The van der Waals surface area contributed by atoms with Crippen LogP contribution in [0.4, 0.5) is 0 Å². The van der Waals surface area contributed by atoms with E-state index in [4.69, 9.17) is 9.53 Å². The molecule has 16 heavy (non-hydrogen) atoms. The Morgan fingerprint density at radius 1 is 1.44 bits per heavy atom. The van der Waals surface area contributed by atoms with Crippen molar-refractivity contribution in [2.45, 2.75) is 51.0 Å². The molecule has 4 heteroatoms. The third kappa shape index (κ3) is 8.77. The van der Waals surface area contributed by atoms with E-state index in [2.05, 4.69) is 28.2 Å². The Morgan fingerprint density at radius 3 is 2.50 bits per heavy atom. The highest BCUT2D eigenvalue weighted by atomic mass is 79.9. The van der Waals surface area contributed by atoms with Crippen molar-refractivity contribution >= 4 is 22.3 Å². The van der Waals surface area contributed by atoms with Crippen molar-refractivity contribution in [1.82, 2.24) is 0 Å². The van der Waals surface area contributed by atoms with Crippen LogP contribution >= 0.6 is 15.9 Å². The zero-order valence-electron chi connectivity index (χ0n) is 9.79. The number of halogens is 1. The monoisotopic (exact) mass is 291 g/mol. The lowest BCUT2D eigenvalue weighted by Crippen LogP contribution is -2.06. The average Bonchev–Trinajstić information content (AvgIpc) is 2.72. The Morgan fingerprint density at radius 2 is 2.00 bits per heavy atom. The molecule has 0 unspecified atom stereocenters. The third-order valence-electron chi connectivity index (χ3n) is 2.47. The first-order valence-corrected chi connectivity index (χ1v) is 6.92. The van der Waals surface area contributed by atoms with Gasteiger partial charge in [0.05, 0.1) is 11.9 Å². The highest BCUT2D eigenvalue weighted by molar-refractivity contribution is 9.09. The summed E-state index contributed by atoms with van der Waals surface area (Å²) in [7, 11) is 0. The van der Waals surface area contributed by atoms with Crippen LogP contribution in [-0.2, 0) is 9.53 Å². The first-order valence-electron chi connectivity index (χ1n) is 5.80. The van der Waals surface area contributed by atoms with Crippen LogP contribution in [0.25, 0.3) is 0 Å². The van der Waals surface area contributed by atoms with E-state index >= 15 is 0 Å². The number of nitrogens with two attached hydrogens (primary N) is 1. The molecule has 1 aliphatic rings. The molecule has 0 atom stereocenters. The minimum absolute atomic E-state index is 0.250. The van der Waals surface area contributed by atoms with Gasteiger partial charge in [0.15, 0.2) is 0 Å². The smallest absolute Gasteiger partial charge is 0.204 e. The lowest BCUT2D eigenvalue weighted by molar-refractivity contribution is -0.106. The first kappa shape index (κ1) is 15.5. The van der Waals surface area contributed by atoms with Crippen molar-refractivity contribution in [3.05, 3.63) is 12.3 Å². The summed E-state index contributed by atoms with van der Waals surface area (Å²) in [5.41, 5.74) is 4.17. The Labute approximate surface area is 107 Å². The molecule has 94 valence electrons. The van der Waals surface area contributed by atoms with Crippen LogP contribution in [0.2, 0.25) is 0 Å². The molecule has 0 aromatic heterocycles. The van der Waals surface area contributed by atoms with E-state index in [0.717, 1.165) is 17.5 Å². The molecule has 0 aromatic carbocycles. The Kier molecular flexibility index (Phi) is 10.6. The number of unbranched alkanes of at least 4 members (excludes halogenated alkanes) is 1. The maximum absolute atomic E-state index is 8.58. The molecular formula is C12H22BrNO2. The molecule has 0 aliphatic heterocycles. The molecule has 0 heterocycles. The zero-order valence-corrected chi connectivity index (χ0v) is 11.4. The quantitative estimate of drug-likeness (QED) is 0.354. The predicted octanol–water partition coefficient (Wildman–Crippen LogP) is 3.13. The summed E-state index contributed by atoms with van der Waals surface area (Å²) in [6, 6.07) is 0. The van der Waals surface area contributed by atoms with Gasteiger partial charge in [-0.05, 0) is 38.5 Å². The molecule has 1 amide bonds. The van der Waals surface area contributed by atoms with Gasteiger partial charge in [-0.2, -0.15) is 0 Å². The average molecular weight is 292 g/mol. The second-order valence-electron chi connectivity index (χ2n) is 3.85. The lowest BCUT2D eigenvalue weighted by Gasteiger charge is -2.14. The minimum atomic E-state index is 0.250. The van der Waals surface area contributed by atoms with Crippen LogP contribution in [-0.4, -0.2) is 17.8 Å². The van der Waals surface area contributed by atoms with Crippen molar-refractivity contribution in [2.75, 3.05) is 5.33 Å². The summed E-state index contributed by atoms with van der Waals surface area (Å²) >= 11 is 3.42. The molecule has 1 saturated carbocycles. The number of carbonyl (C=O) groups excluding carboxylic acids is 1. The molecule has 3 nitrogen and oxygen atoms in total. The van der Waals surface area contributed by atoms with Gasteiger partial charge in [-0.15, -0.1) is 0 Å². The highest BCUT2D eigenvalue weighted by Gasteiger charge is 2.16. The van der Waals surface area contributed by atoms with Gasteiger partial charge >= 0.3 is 0 Å². The van der Waals surface area contributed by atoms with Gasteiger partial charge in [0.2, 0.25) is 6.41 Å². The van der Waals surface area contributed by atoms with Gasteiger partial charge in [-0.25, -0.2) is 0 Å². The van der Waals surface area contributed by atoms with Gasteiger partial charge in [0, 0.05) is 11.8 Å². The molecule has 1 rings (SSSR count). The van der Waals surface area contributed by atoms with Gasteiger partial charge in [0.1, 0.15) is 0 Å². The van der Waals surface area contributed by atoms with Crippen molar-refractivity contribution in [1.29, 1.82) is 0 Å². The number of allylic oxidation sites excluding steroid dienone is 1. The summed E-state index contributed by atoms with van der Waals surface area (Å²) in [5.74, 6) is 0.993. The van der Waals surface area contributed by atoms with Crippen molar-refractivity contribution in [3.8, 4) is 0 Å². The van der Waals surface area contributed by atoms with Crippen LogP contribution in [0.5, 0.6) is 0 Å². The number of hydrogen-bond donors (Lipinski definition) is 1. The highest BCUT2D eigenvalue weighted by Crippen LogP contribution is 2.24. The third-order valence-corrected chi connectivity index (χ3v) is 3.04. The Bertz CT molecular complexity index is 191. The van der Waals surface area contributed by atoms with Gasteiger partial charge in [0.25, 0.3) is 0 Å². The van der Waals surface area contributed by atoms with Gasteiger partial charge in [-0.1, -0.05) is 22.5 Å². The standard InChI is InChI=1S/C11H19BrO.CH3NO/c1-10(6-4-5-9-12)13-11-7-2-3-8-11;2-1-3/h11H,1-9H2;1H,(H2,2,3). The number of hydrogen-bond acceptors (Lipinski definition) is 2. The molecular weight excluding hydrogens is 270 g/mol. The second kappa shape index (κ2) is 11.0. The number of carbonyl (C=O) groups is 1. The number of amides is 1. The van der Waals surface area contributed by atoms with Crippen LogP contribution in [0.3, 0.4) is 0 Å². The summed E-state index contributed by atoms with van der Waals surface area (Å²) in [6.07, 6.45) is 9.30. The number of primary amides is 1. The largest absolute Gasteiger partial charge is 0.495 e. The second-order valence-corrected chi connectivity index (χ2v) is 4.64. The van der Waals surface area contributed by atoms with Gasteiger partial charge in [-0.3, -0.25) is 4.79 Å². The van der Waals surface area contributed by atoms with Crippen LogP contribution in [0.15, 0.2) is 12.3 Å². The number of ether oxygens (including phenoxy) is 1. The van der Waals surface area contributed by atoms with E-state index in [1.807, 2.05) is 0 Å². The molecule has 0 bridgehead atoms. The normalized spacial score (nSPS) is 15.1. The summed E-state index contributed by atoms with van der Waals surface area (Å²) < 4.78 is 5.75. The molecule has 0 radical (unpaired) electrons. The van der Waals surface area contributed by atoms with E-state index in [-0.39, 0.29) is 6.41 Å². The zero-order chi connectivity index (χ0) is 12.2. The fourth-order valence-corrected chi connectivity index (χ4v) is 2.11. The van der Waals surface area contributed by atoms with Gasteiger partial charge < -0.3 is 10.5 Å². The van der Waals surface area contributed by atoms with E-state index in [0.29, 0.717) is 6.10 Å². The van der Waals surface area contributed by atoms with Crippen molar-refractivity contribution < 1.29 is 9.53 Å². The van der Waals surface area contributed by atoms with E-state index in [9.17, 15) is 0 Å². The molecule has 0 spiro atoms. The predicted molar refractivity (Wildman–Crippen MR) is 70.4 cm³/mol. The fraction of sp³-hybridized carbons (Fsp3) is 0.750. The molecule has 1 aliphatic carbocycles. The van der Waals surface area contributed by atoms with Crippen LogP contribution < -0.4 is 5.73 Å². The summed E-state index contributed by atoms with van der Waals surface area (Å²) in [4.78, 5) is 8.58. The molecule has 0 aromatic rings. The summed E-state index contributed by atoms with van der Waals surface area (Å²) in [6.45, 7) is 3.95. The molecule has 0 saturated heterocycles. The van der Waals surface area contributed by atoms with E-state index < -0.39 is 0 Å². The SMILES string of the molecule is C=C(CCCCBr)OC1CCCC1.NC=O. The van der Waals surface area contributed by atoms with Crippen LogP contribution in [0.1, 0.15) is 44.9 Å².